The molecule has 0 unspecified atom stereocenters. The highest BCUT2D eigenvalue weighted by Gasteiger charge is 2.21. The summed E-state index contributed by atoms with van der Waals surface area (Å²) in [6.45, 7) is 5.95. The Kier molecular flexibility index (Phi) is 6.93. The number of hydrogen-bond acceptors (Lipinski definition) is 3. The molecule has 0 radical (unpaired) electrons. The van der Waals surface area contributed by atoms with E-state index in [0.717, 1.165) is 28.2 Å². The number of nitrogens with zero attached hydrogens (tertiary/aromatic N) is 1. The fourth-order valence-corrected chi connectivity index (χ4v) is 4.07. The van der Waals surface area contributed by atoms with Crippen molar-refractivity contribution in [3.05, 3.63) is 113 Å². The van der Waals surface area contributed by atoms with E-state index in [2.05, 4.69) is 5.32 Å². The molecule has 172 valence electrons. The van der Waals surface area contributed by atoms with Crippen molar-refractivity contribution in [2.24, 2.45) is 0 Å². The van der Waals surface area contributed by atoms with Crippen LogP contribution in [0.4, 0.5) is 0 Å². The molecule has 1 atom stereocenters. The largest absolute Gasteiger partial charge is 0.462 e. The van der Waals surface area contributed by atoms with Gasteiger partial charge < -0.3 is 14.6 Å². The molecule has 0 fully saturated rings. The molecule has 34 heavy (non-hydrogen) atoms. The standard InChI is InChI=1S/C29H28N2O3/c1-4-34-29(33)26-19-27(23-14-9-6-10-15-23)31(21(26)3)25-17-11-16-24(18-25)28(32)30-20(2)22-12-7-5-8-13-22/h5-20H,4H2,1-3H3,(H,30,32)/t20-/m0/s1. The lowest BCUT2D eigenvalue weighted by Crippen LogP contribution is -2.26. The zero-order chi connectivity index (χ0) is 24.1. The lowest BCUT2D eigenvalue weighted by molar-refractivity contribution is 0.0525. The van der Waals surface area contributed by atoms with Gasteiger partial charge in [0.25, 0.3) is 5.91 Å². The molecular formula is C29H28N2O3. The van der Waals surface area contributed by atoms with Crippen LogP contribution in [-0.4, -0.2) is 23.1 Å². The first kappa shape index (κ1) is 23.1. The van der Waals surface area contributed by atoms with Gasteiger partial charge in [0.1, 0.15) is 0 Å². The van der Waals surface area contributed by atoms with Gasteiger partial charge in [-0.3, -0.25) is 4.79 Å². The molecule has 0 spiro atoms. The number of rotatable bonds is 7. The van der Waals surface area contributed by atoms with E-state index in [0.29, 0.717) is 17.7 Å². The highest BCUT2D eigenvalue weighted by Crippen LogP contribution is 2.30. The normalized spacial score (nSPS) is 11.6. The van der Waals surface area contributed by atoms with Crippen molar-refractivity contribution < 1.29 is 14.3 Å². The SMILES string of the molecule is CCOC(=O)c1cc(-c2ccccc2)n(-c2cccc(C(=O)N[C@@H](C)c3ccccc3)c2)c1C. The number of amides is 1. The smallest absolute Gasteiger partial charge is 0.339 e. The number of ether oxygens (including phenoxy) is 1. The van der Waals surface area contributed by atoms with Crippen LogP contribution in [0, 0.1) is 6.92 Å². The third-order valence-electron chi connectivity index (χ3n) is 5.83. The van der Waals surface area contributed by atoms with Gasteiger partial charge in [0.15, 0.2) is 0 Å². The van der Waals surface area contributed by atoms with Crippen LogP contribution < -0.4 is 5.32 Å². The van der Waals surface area contributed by atoms with Gasteiger partial charge >= 0.3 is 5.97 Å². The Bertz CT molecular complexity index is 1290. The molecule has 0 saturated carbocycles. The van der Waals surface area contributed by atoms with E-state index in [-0.39, 0.29) is 17.9 Å². The van der Waals surface area contributed by atoms with Crippen LogP contribution in [0.1, 0.15) is 51.9 Å². The number of carbonyl (C=O) groups excluding carboxylic acids is 2. The van der Waals surface area contributed by atoms with Crippen molar-refractivity contribution in [2.45, 2.75) is 26.8 Å². The molecule has 5 nitrogen and oxygen atoms in total. The molecule has 4 rings (SSSR count). The fourth-order valence-electron chi connectivity index (χ4n) is 4.07. The summed E-state index contributed by atoms with van der Waals surface area (Å²) in [5, 5.41) is 3.07. The van der Waals surface area contributed by atoms with Crippen LogP contribution >= 0.6 is 0 Å². The zero-order valence-electron chi connectivity index (χ0n) is 19.6. The van der Waals surface area contributed by atoms with Crippen LogP contribution in [0.2, 0.25) is 0 Å². The van der Waals surface area contributed by atoms with E-state index < -0.39 is 0 Å². The van der Waals surface area contributed by atoms with Gasteiger partial charge in [0.05, 0.1) is 23.9 Å². The summed E-state index contributed by atoms with van der Waals surface area (Å²) in [4.78, 5) is 25.7. The van der Waals surface area contributed by atoms with Crippen LogP contribution in [-0.2, 0) is 4.74 Å². The lowest BCUT2D eigenvalue weighted by atomic mass is 10.1. The number of aromatic nitrogens is 1. The van der Waals surface area contributed by atoms with Crippen molar-refractivity contribution in [2.75, 3.05) is 6.61 Å². The Morgan fingerprint density at radius 3 is 2.26 bits per heavy atom. The molecule has 0 aliphatic carbocycles. The minimum Gasteiger partial charge on any atom is -0.462 e. The summed E-state index contributed by atoms with van der Waals surface area (Å²) >= 11 is 0. The lowest BCUT2D eigenvalue weighted by Gasteiger charge is -2.16. The maximum absolute atomic E-state index is 13.1. The van der Waals surface area contributed by atoms with Gasteiger partial charge in [0, 0.05) is 16.9 Å². The molecule has 1 aromatic heterocycles. The first-order chi connectivity index (χ1) is 16.5. The number of carbonyl (C=O) groups is 2. The monoisotopic (exact) mass is 452 g/mol. The quantitative estimate of drug-likeness (QED) is 0.344. The highest BCUT2D eigenvalue weighted by atomic mass is 16.5. The Balaban J connectivity index is 1.72. The molecule has 0 bridgehead atoms. The minimum atomic E-state index is -0.360. The van der Waals surface area contributed by atoms with Crippen LogP contribution in [0.3, 0.4) is 0 Å². The molecule has 1 heterocycles. The number of hydrogen-bond donors (Lipinski definition) is 1. The van der Waals surface area contributed by atoms with Crippen molar-refractivity contribution in [3.63, 3.8) is 0 Å². The summed E-state index contributed by atoms with van der Waals surface area (Å²) in [6, 6.07) is 28.9. The maximum Gasteiger partial charge on any atom is 0.339 e. The zero-order valence-corrected chi connectivity index (χ0v) is 19.6. The topological polar surface area (TPSA) is 60.3 Å². The average molecular weight is 453 g/mol. The summed E-state index contributed by atoms with van der Waals surface area (Å²) < 4.78 is 7.28. The van der Waals surface area contributed by atoms with Crippen molar-refractivity contribution in [1.29, 1.82) is 0 Å². The maximum atomic E-state index is 13.1. The van der Waals surface area contributed by atoms with Gasteiger partial charge in [-0.1, -0.05) is 66.7 Å². The second kappa shape index (κ2) is 10.2. The Hall–Kier alpha value is -4.12. The molecule has 1 N–H and O–H groups in total. The highest BCUT2D eigenvalue weighted by molar-refractivity contribution is 5.96. The first-order valence-corrected chi connectivity index (χ1v) is 11.4. The van der Waals surface area contributed by atoms with Crippen LogP contribution in [0.25, 0.3) is 16.9 Å². The minimum absolute atomic E-state index is 0.124. The predicted molar refractivity (Wildman–Crippen MR) is 134 cm³/mol. The number of esters is 1. The Morgan fingerprint density at radius 2 is 1.59 bits per heavy atom. The van der Waals surface area contributed by atoms with Gasteiger partial charge in [-0.25, -0.2) is 4.79 Å². The van der Waals surface area contributed by atoms with E-state index in [1.54, 1.807) is 13.0 Å². The molecule has 1 amide bonds. The van der Waals surface area contributed by atoms with Crippen LogP contribution in [0.5, 0.6) is 0 Å². The molecule has 0 saturated heterocycles. The third-order valence-corrected chi connectivity index (χ3v) is 5.83. The second-order valence-corrected chi connectivity index (χ2v) is 8.11. The van der Waals surface area contributed by atoms with E-state index in [4.69, 9.17) is 4.74 Å². The average Bonchev–Trinajstić information content (AvgIpc) is 3.22. The summed E-state index contributed by atoms with van der Waals surface area (Å²) in [6.07, 6.45) is 0. The van der Waals surface area contributed by atoms with Crippen molar-refractivity contribution in [1.82, 2.24) is 9.88 Å². The van der Waals surface area contributed by atoms with Crippen molar-refractivity contribution in [3.8, 4) is 16.9 Å². The Morgan fingerprint density at radius 1 is 0.912 bits per heavy atom. The number of nitrogens with one attached hydrogen (secondary N) is 1. The summed E-state index contributed by atoms with van der Waals surface area (Å²) in [7, 11) is 0. The third kappa shape index (κ3) is 4.79. The molecule has 3 aromatic carbocycles. The molecule has 5 heteroatoms. The van der Waals surface area contributed by atoms with Gasteiger partial charge in [-0.2, -0.15) is 0 Å². The Labute approximate surface area is 200 Å². The van der Waals surface area contributed by atoms with Crippen LogP contribution in [0.15, 0.2) is 91.0 Å². The molecule has 4 aromatic rings. The summed E-state index contributed by atoms with van der Waals surface area (Å²) in [5.74, 6) is -0.517. The summed E-state index contributed by atoms with van der Waals surface area (Å²) in [5.41, 5.74) is 5.47. The molecule has 0 aliphatic rings. The van der Waals surface area contributed by atoms with E-state index in [1.807, 2.05) is 103 Å². The van der Waals surface area contributed by atoms with Gasteiger partial charge in [0.2, 0.25) is 0 Å². The van der Waals surface area contributed by atoms with E-state index >= 15 is 0 Å². The molecular weight excluding hydrogens is 424 g/mol. The second-order valence-electron chi connectivity index (χ2n) is 8.11. The van der Waals surface area contributed by atoms with Crippen molar-refractivity contribution >= 4 is 11.9 Å². The predicted octanol–water partition coefficient (Wildman–Crippen LogP) is 6.12. The van der Waals surface area contributed by atoms with E-state index in [9.17, 15) is 9.59 Å². The fraction of sp³-hybridized carbons (Fsp3) is 0.172. The first-order valence-electron chi connectivity index (χ1n) is 11.4. The van der Waals surface area contributed by atoms with Gasteiger partial charge in [-0.05, 0) is 56.2 Å². The number of benzene rings is 3. The molecule has 0 aliphatic heterocycles. The van der Waals surface area contributed by atoms with Gasteiger partial charge in [-0.15, -0.1) is 0 Å². The van der Waals surface area contributed by atoms with E-state index in [1.165, 1.54) is 0 Å².